The number of nitrogen functional groups attached to an aromatic ring is 1. The Morgan fingerprint density at radius 2 is 1.70 bits per heavy atom. The molecule has 0 fully saturated rings. The van der Waals surface area contributed by atoms with E-state index in [4.69, 9.17) is 5.73 Å². The number of nitrogens with two attached hydrogens (primary N) is 1. The molecule has 4 nitrogen and oxygen atoms in total. The zero-order valence-corrected chi connectivity index (χ0v) is 12.9. The molecule has 20 heavy (non-hydrogen) atoms. The third-order valence-corrected chi connectivity index (χ3v) is 3.52. The maximum atomic E-state index is 12.5. The Labute approximate surface area is 119 Å². The highest BCUT2D eigenvalue weighted by Gasteiger charge is 2.20. The van der Waals surface area contributed by atoms with E-state index in [0.29, 0.717) is 12.2 Å². The van der Waals surface area contributed by atoms with Crippen LogP contribution >= 0.6 is 0 Å². The fourth-order valence-electron chi connectivity index (χ4n) is 2.83. The maximum Gasteiger partial charge on any atom is 0.294 e. The van der Waals surface area contributed by atoms with Crippen molar-refractivity contribution < 1.29 is 0 Å². The monoisotopic (exact) mass is 273 g/mol. The van der Waals surface area contributed by atoms with Crippen LogP contribution in [0.3, 0.4) is 0 Å². The third kappa shape index (κ3) is 2.26. The lowest BCUT2D eigenvalue weighted by molar-refractivity contribution is 0.534. The molecule has 0 amide bonds. The van der Waals surface area contributed by atoms with Crippen LogP contribution in [-0.2, 0) is 6.54 Å². The molecule has 2 rings (SSSR count). The zero-order chi connectivity index (χ0) is 15.0. The first-order valence-electron chi connectivity index (χ1n) is 7.06. The third-order valence-electron chi connectivity index (χ3n) is 3.52. The summed E-state index contributed by atoms with van der Waals surface area (Å²) in [6.07, 6.45) is 0. The summed E-state index contributed by atoms with van der Waals surface area (Å²) in [7, 11) is 0. The van der Waals surface area contributed by atoms with E-state index < -0.39 is 0 Å². The van der Waals surface area contributed by atoms with Crippen LogP contribution in [0.5, 0.6) is 0 Å². The number of anilines is 1. The van der Waals surface area contributed by atoms with Crippen LogP contribution in [0.15, 0.2) is 23.0 Å². The molecule has 4 heteroatoms. The molecule has 0 saturated heterocycles. The Morgan fingerprint density at radius 3 is 2.15 bits per heavy atom. The van der Waals surface area contributed by atoms with Crippen molar-refractivity contribution in [2.45, 2.75) is 47.1 Å². The minimum atomic E-state index is -0.124. The molecule has 1 aromatic carbocycles. The summed E-state index contributed by atoms with van der Waals surface area (Å²) in [4.78, 5) is 12.5. The molecular formula is C16H23N3O. The van der Waals surface area contributed by atoms with Crippen molar-refractivity contribution in [1.29, 1.82) is 0 Å². The minimum absolute atomic E-state index is 0.124. The van der Waals surface area contributed by atoms with Gasteiger partial charge in [0.2, 0.25) is 0 Å². The van der Waals surface area contributed by atoms with Crippen LogP contribution in [0.2, 0.25) is 0 Å². The van der Waals surface area contributed by atoms with E-state index in [1.165, 1.54) is 0 Å². The quantitative estimate of drug-likeness (QED) is 0.934. The highest BCUT2D eigenvalue weighted by molar-refractivity contribution is 5.48. The lowest BCUT2D eigenvalue weighted by atomic mass is 10.1. The van der Waals surface area contributed by atoms with Crippen molar-refractivity contribution in [2.75, 3.05) is 5.73 Å². The summed E-state index contributed by atoms with van der Waals surface area (Å²) in [5.41, 5.74) is 10.4. The normalized spacial score (nSPS) is 11.3. The van der Waals surface area contributed by atoms with Gasteiger partial charge < -0.3 is 5.73 Å². The van der Waals surface area contributed by atoms with E-state index in [0.717, 1.165) is 22.5 Å². The minimum Gasteiger partial charge on any atom is -0.393 e. The number of nitrogens with zero attached hydrogens (tertiary/aromatic N) is 2. The van der Waals surface area contributed by atoms with Crippen LogP contribution in [0.1, 0.15) is 43.5 Å². The average Bonchev–Trinajstić information content (AvgIpc) is 2.60. The first-order valence-corrected chi connectivity index (χ1v) is 7.06. The molecule has 0 spiro atoms. The molecular weight excluding hydrogens is 250 g/mol. The highest BCUT2D eigenvalue weighted by Crippen LogP contribution is 2.22. The molecule has 0 aliphatic heterocycles. The molecule has 0 atom stereocenters. The van der Waals surface area contributed by atoms with Gasteiger partial charge in [0, 0.05) is 6.54 Å². The summed E-state index contributed by atoms with van der Waals surface area (Å²) >= 11 is 0. The molecule has 0 aliphatic carbocycles. The van der Waals surface area contributed by atoms with Gasteiger partial charge in [0.05, 0.1) is 11.4 Å². The van der Waals surface area contributed by atoms with E-state index in [-0.39, 0.29) is 11.5 Å². The largest absolute Gasteiger partial charge is 0.393 e. The summed E-state index contributed by atoms with van der Waals surface area (Å²) in [6.45, 7) is 10.9. The number of aromatic nitrogens is 2. The van der Waals surface area contributed by atoms with E-state index >= 15 is 0 Å². The van der Waals surface area contributed by atoms with Crippen molar-refractivity contribution >= 4 is 5.69 Å². The molecule has 108 valence electrons. The van der Waals surface area contributed by atoms with Crippen LogP contribution in [0, 0.1) is 13.8 Å². The van der Waals surface area contributed by atoms with E-state index in [9.17, 15) is 4.79 Å². The fraction of sp³-hybridized carbons (Fsp3) is 0.438. The van der Waals surface area contributed by atoms with Crippen LogP contribution < -0.4 is 11.3 Å². The number of aryl methyl sites for hydroxylation is 2. The number of hydrogen-bond donors (Lipinski definition) is 1. The second-order valence-corrected chi connectivity index (χ2v) is 5.63. The summed E-state index contributed by atoms with van der Waals surface area (Å²) in [6, 6.07) is 6.13. The number of hydrogen-bond acceptors (Lipinski definition) is 2. The Bertz CT molecular complexity index is 672. The predicted molar refractivity (Wildman–Crippen MR) is 83.7 cm³/mol. The molecule has 2 N–H and O–H groups in total. The smallest absolute Gasteiger partial charge is 0.294 e. The van der Waals surface area contributed by atoms with Crippen LogP contribution in [0.4, 0.5) is 5.69 Å². The van der Waals surface area contributed by atoms with Crippen molar-refractivity contribution in [1.82, 2.24) is 9.36 Å². The van der Waals surface area contributed by atoms with Crippen molar-refractivity contribution in [3.05, 3.63) is 45.4 Å². The SMILES string of the molecule is CCn1c(C(C)C)c(N)c(=O)n1-c1cc(C)cc(C)c1. The molecule has 0 bridgehead atoms. The molecule has 0 aliphatic rings. The molecule has 0 radical (unpaired) electrons. The lowest BCUT2D eigenvalue weighted by Crippen LogP contribution is -2.22. The number of benzene rings is 1. The van der Waals surface area contributed by atoms with E-state index in [1.807, 2.05) is 37.6 Å². The van der Waals surface area contributed by atoms with Gasteiger partial charge in [-0.3, -0.25) is 9.48 Å². The fourth-order valence-corrected chi connectivity index (χ4v) is 2.83. The van der Waals surface area contributed by atoms with Gasteiger partial charge in [0.15, 0.2) is 0 Å². The van der Waals surface area contributed by atoms with Gasteiger partial charge >= 0.3 is 0 Å². The van der Waals surface area contributed by atoms with Gasteiger partial charge in [-0.05, 0) is 49.9 Å². The second-order valence-electron chi connectivity index (χ2n) is 5.63. The van der Waals surface area contributed by atoms with Crippen LogP contribution in [0.25, 0.3) is 5.69 Å². The van der Waals surface area contributed by atoms with Crippen molar-refractivity contribution in [3.63, 3.8) is 0 Å². The Kier molecular flexibility index (Phi) is 3.75. The first-order chi connectivity index (χ1) is 9.36. The molecule has 1 aromatic heterocycles. The maximum absolute atomic E-state index is 12.5. The average molecular weight is 273 g/mol. The topological polar surface area (TPSA) is 52.9 Å². The standard InChI is InChI=1S/C16H23N3O/c1-6-18-15(10(2)3)14(17)16(20)19(18)13-8-11(4)7-12(5)9-13/h7-10H,6,17H2,1-5H3. The predicted octanol–water partition coefficient (Wildman–Crippen LogP) is 2.98. The zero-order valence-electron chi connectivity index (χ0n) is 12.9. The first kappa shape index (κ1) is 14.4. The molecule has 1 heterocycles. The second kappa shape index (κ2) is 5.19. The Morgan fingerprint density at radius 1 is 1.15 bits per heavy atom. The highest BCUT2D eigenvalue weighted by atomic mass is 16.1. The van der Waals surface area contributed by atoms with E-state index in [1.54, 1.807) is 4.68 Å². The summed E-state index contributed by atoms with van der Waals surface area (Å²) in [5, 5.41) is 0. The van der Waals surface area contributed by atoms with Crippen molar-refractivity contribution in [2.24, 2.45) is 0 Å². The van der Waals surface area contributed by atoms with Gasteiger partial charge in [0.25, 0.3) is 5.56 Å². The lowest BCUT2D eigenvalue weighted by Gasteiger charge is -2.15. The van der Waals surface area contributed by atoms with Gasteiger partial charge in [-0.15, -0.1) is 0 Å². The summed E-state index contributed by atoms with van der Waals surface area (Å²) in [5.74, 6) is 0.217. The van der Waals surface area contributed by atoms with Crippen LogP contribution in [-0.4, -0.2) is 9.36 Å². The van der Waals surface area contributed by atoms with Gasteiger partial charge in [0.1, 0.15) is 5.69 Å². The van der Waals surface area contributed by atoms with Gasteiger partial charge in [-0.25, -0.2) is 4.68 Å². The van der Waals surface area contributed by atoms with Crippen molar-refractivity contribution in [3.8, 4) is 5.69 Å². The summed E-state index contributed by atoms with van der Waals surface area (Å²) < 4.78 is 3.68. The Balaban J connectivity index is 2.80. The van der Waals surface area contributed by atoms with E-state index in [2.05, 4.69) is 19.9 Å². The molecule has 0 saturated carbocycles. The Hall–Kier alpha value is -1.97. The van der Waals surface area contributed by atoms with Gasteiger partial charge in [-0.1, -0.05) is 19.9 Å². The number of rotatable bonds is 3. The van der Waals surface area contributed by atoms with Gasteiger partial charge in [-0.2, -0.15) is 0 Å². The molecule has 0 unspecified atom stereocenters. The molecule has 2 aromatic rings.